The van der Waals surface area contributed by atoms with E-state index in [1.807, 2.05) is 45.0 Å². The first-order valence-corrected chi connectivity index (χ1v) is 8.37. The lowest BCUT2D eigenvalue weighted by atomic mass is 9.97. The van der Waals surface area contributed by atoms with Crippen molar-refractivity contribution in [2.75, 3.05) is 20.2 Å². The van der Waals surface area contributed by atoms with Crippen LogP contribution in [0.2, 0.25) is 0 Å². The lowest BCUT2D eigenvalue weighted by molar-refractivity contribution is 0.241. The fourth-order valence-electron chi connectivity index (χ4n) is 2.23. The minimum absolute atomic E-state index is 0.172. The Bertz CT molecular complexity index is 692. The second-order valence-electron chi connectivity index (χ2n) is 6.76. The van der Waals surface area contributed by atoms with Gasteiger partial charge < -0.3 is 19.9 Å². The standard InChI is InChI=1S/C18H26N4O3/c1-18(2,3)16-21-15(22-25-16)10-12-20-17(23)19-11-9-13-7-5-6-8-14(13)24-4/h5-8H,9-12H2,1-4H3,(H2,19,20,23). The van der Waals surface area contributed by atoms with E-state index in [2.05, 4.69) is 20.8 Å². The van der Waals surface area contributed by atoms with E-state index in [9.17, 15) is 4.79 Å². The number of nitrogens with one attached hydrogen (secondary N) is 2. The Labute approximate surface area is 148 Å². The highest BCUT2D eigenvalue weighted by Crippen LogP contribution is 2.19. The van der Waals surface area contributed by atoms with E-state index in [-0.39, 0.29) is 11.4 Å². The van der Waals surface area contributed by atoms with Gasteiger partial charge in [0.1, 0.15) is 5.75 Å². The van der Waals surface area contributed by atoms with Gasteiger partial charge in [-0.1, -0.05) is 44.1 Å². The first kappa shape index (κ1) is 18.8. The van der Waals surface area contributed by atoms with Crippen molar-refractivity contribution in [2.45, 2.75) is 39.0 Å². The molecule has 2 N–H and O–H groups in total. The molecule has 0 atom stereocenters. The summed E-state index contributed by atoms with van der Waals surface area (Å²) in [5, 5.41) is 9.55. The fourth-order valence-corrected chi connectivity index (χ4v) is 2.23. The third-order valence-corrected chi connectivity index (χ3v) is 3.62. The third kappa shape index (κ3) is 5.77. The van der Waals surface area contributed by atoms with Crippen LogP contribution in [0.1, 0.15) is 38.0 Å². The molecule has 0 aliphatic heterocycles. The second kappa shape index (κ2) is 8.50. The third-order valence-electron chi connectivity index (χ3n) is 3.62. The number of benzene rings is 1. The number of nitrogens with zero attached hydrogens (tertiary/aromatic N) is 2. The van der Waals surface area contributed by atoms with Crippen molar-refractivity contribution >= 4 is 6.03 Å². The number of hydrogen-bond donors (Lipinski definition) is 2. The molecule has 0 fully saturated rings. The Balaban J connectivity index is 1.68. The Morgan fingerprint density at radius 3 is 2.48 bits per heavy atom. The zero-order valence-corrected chi connectivity index (χ0v) is 15.3. The van der Waals surface area contributed by atoms with Crippen LogP contribution in [0, 0.1) is 0 Å². The molecule has 7 heteroatoms. The maximum atomic E-state index is 11.8. The zero-order valence-electron chi connectivity index (χ0n) is 15.3. The summed E-state index contributed by atoms with van der Waals surface area (Å²) in [5.41, 5.74) is 0.890. The molecule has 0 spiro atoms. The molecule has 25 heavy (non-hydrogen) atoms. The molecule has 2 aromatic rings. The molecule has 7 nitrogen and oxygen atoms in total. The molecule has 0 aliphatic carbocycles. The van der Waals surface area contributed by atoms with E-state index < -0.39 is 0 Å². The summed E-state index contributed by atoms with van der Waals surface area (Å²) in [6, 6.07) is 7.56. The molecule has 0 saturated heterocycles. The molecular weight excluding hydrogens is 320 g/mol. The predicted molar refractivity (Wildman–Crippen MR) is 94.8 cm³/mol. The number of amides is 2. The van der Waals surface area contributed by atoms with Gasteiger partial charge in [-0.05, 0) is 18.1 Å². The van der Waals surface area contributed by atoms with E-state index in [0.29, 0.717) is 37.6 Å². The van der Waals surface area contributed by atoms with Crippen molar-refractivity contribution < 1.29 is 14.1 Å². The maximum Gasteiger partial charge on any atom is 0.314 e. The minimum atomic E-state index is -0.213. The number of para-hydroxylation sites is 1. The van der Waals surface area contributed by atoms with Gasteiger partial charge in [0, 0.05) is 24.9 Å². The van der Waals surface area contributed by atoms with E-state index in [1.165, 1.54) is 0 Å². The highest BCUT2D eigenvalue weighted by molar-refractivity contribution is 5.73. The number of ether oxygens (including phenoxy) is 1. The Morgan fingerprint density at radius 1 is 1.16 bits per heavy atom. The van der Waals surface area contributed by atoms with Crippen molar-refractivity contribution in [1.29, 1.82) is 0 Å². The molecule has 0 saturated carbocycles. The predicted octanol–water partition coefficient (Wildman–Crippen LogP) is 2.46. The van der Waals surface area contributed by atoms with Gasteiger partial charge in [0.15, 0.2) is 5.82 Å². The van der Waals surface area contributed by atoms with Crippen LogP contribution < -0.4 is 15.4 Å². The van der Waals surface area contributed by atoms with Crippen LogP contribution >= 0.6 is 0 Å². The van der Waals surface area contributed by atoms with E-state index in [4.69, 9.17) is 9.26 Å². The number of hydrogen-bond acceptors (Lipinski definition) is 5. The van der Waals surface area contributed by atoms with Crippen LogP contribution in [-0.2, 0) is 18.3 Å². The Morgan fingerprint density at radius 2 is 1.84 bits per heavy atom. The summed E-state index contributed by atoms with van der Waals surface area (Å²) >= 11 is 0. The van der Waals surface area contributed by atoms with Gasteiger partial charge >= 0.3 is 6.03 Å². The first-order chi connectivity index (χ1) is 11.9. The van der Waals surface area contributed by atoms with E-state index in [1.54, 1.807) is 7.11 Å². The van der Waals surface area contributed by atoms with Crippen molar-refractivity contribution in [3.63, 3.8) is 0 Å². The zero-order chi connectivity index (χ0) is 18.3. The topological polar surface area (TPSA) is 89.3 Å². The maximum absolute atomic E-state index is 11.8. The van der Waals surface area contributed by atoms with Gasteiger partial charge in [-0.2, -0.15) is 4.98 Å². The number of carbonyl (C=O) groups excluding carboxylic acids is 1. The molecule has 1 heterocycles. The molecule has 0 aliphatic rings. The van der Waals surface area contributed by atoms with Crippen molar-refractivity contribution in [1.82, 2.24) is 20.8 Å². The molecule has 1 aromatic heterocycles. The Kier molecular flexibility index (Phi) is 6.38. The summed E-state index contributed by atoms with van der Waals surface area (Å²) in [6.07, 6.45) is 1.23. The number of urea groups is 1. The number of methoxy groups -OCH3 is 1. The van der Waals surface area contributed by atoms with Crippen molar-refractivity contribution in [2.24, 2.45) is 0 Å². The number of rotatable bonds is 7. The van der Waals surface area contributed by atoms with Gasteiger partial charge in [-0.15, -0.1) is 0 Å². The van der Waals surface area contributed by atoms with Crippen LogP contribution in [0.4, 0.5) is 4.79 Å². The number of aromatic nitrogens is 2. The largest absolute Gasteiger partial charge is 0.496 e. The minimum Gasteiger partial charge on any atom is -0.496 e. The molecule has 1 aromatic carbocycles. The lowest BCUT2D eigenvalue weighted by Gasteiger charge is -2.10. The highest BCUT2D eigenvalue weighted by Gasteiger charge is 2.21. The highest BCUT2D eigenvalue weighted by atomic mass is 16.5. The van der Waals surface area contributed by atoms with E-state index in [0.717, 1.165) is 11.3 Å². The van der Waals surface area contributed by atoms with Gasteiger partial charge in [-0.3, -0.25) is 0 Å². The monoisotopic (exact) mass is 346 g/mol. The summed E-state index contributed by atoms with van der Waals surface area (Å²) in [6.45, 7) is 7.01. The summed E-state index contributed by atoms with van der Waals surface area (Å²) in [7, 11) is 1.64. The summed E-state index contributed by atoms with van der Waals surface area (Å²) in [5.74, 6) is 2.03. The van der Waals surface area contributed by atoms with Crippen LogP contribution in [0.5, 0.6) is 5.75 Å². The van der Waals surface area contributed by atoms with Crippen LogP contribution in [0.3, 0.4) is 0 Å². The summed E-state index contributed by atoms with van der Waals surface area (Å²) in [4.78, 5) is 16.2. The first-order valence-electron chi connectivity index (χ1n) is 8.37. The van der Waals surface area contributed by atoms with Crippen LogP contribution in [-0.4, -0.2) is 36.4 Å². The molecule has 136 valence electrons. The smallest absolute Gasteiger partial charge is 0.314 e. The fraction of sp³-hybridized carbons (Fsp3) is 0.500. The molecule has 0 bridgehead atoms. The molecule has 2 amide bonds. The Hall–Kier alpha value is -2.57. The van der Waals surface area contributed by atoms with Crippen LogP contribution in [0.15, 0.2) is 28.8 Å². The molecule has 0 unspecified atom stereocenters. The quantitative estimate of drug-likeness (QED) is 0.804. The van der Waals surface area contributed by atoms with Crippen molar-refractivity contribution in [3.05, 3.63) is 41.5 Å². The second-order valence-corrected chi connectivity index (χ2v) is 6.76. The van der Waals surface area contributed by atoms with Gasteiger partial charge in [0.05, 0.1) is 7.11 Å². The van der Waals surface area contributed by atoms with Gasteiger partial charge in [-0.25, -0.2) is 4.79 Å². The molecular formula is C18H26N4O3. The van der Waals surface area contributed by atoms with Gasteiger partial charge in [0.2, 0.25) is 5.89 Å². The lowest BCUT2D eigenvalue weighted by Crippen LogP contribution is -2.37. The average molecular weight is 346 g/mol. The summed E-state index contributed by atoms with van der Waals surface area (Å²) < 4.78 is 10.5. The molecule has 0 radical (unpaired) electrons. The van der Waals surface area contributed by atoms with Crippen LogP contribution in [0.25, 0.3) is 0 Å². The molecule has 2 rings (SSSR count). The SMILES string of the molecule is COc1ccccc1CCNC(=O)NCCc1noc(C(C)(C)C)n1. The van der Waals surface area contributed by atoms with Gasteiger partial charge in [0.25, 0.3) is 0 Å². The number of carbonyl (C=O) groups is 1. The normalized spacial score (nSPS) is 11.2. The van der Waals surface area contributed by atoms with Crippen molar-refractivity contribution in [3.8, 4) is 5.75 Å². The van der Waals surface area contributed by atoms with E-state index >= 15 is 0 Å². The average Bonchev–Trinajstić information content (AvgIpc) is 3.04.